The van der Waals surface area contributed by atoms with E-state index in [1.54, 1.807) is 0 Å². The second-order valence-corrected chi connectivity index (χ2v) is 5.95. The van der Waals surface area contributed by atoms with Crippen molar-refractivity contribution in [2.45, 2.75) is 26.7 Å². The van der Waals surface area contributed by atoms with Crippen molar-refractivity contribution in [3.8, 4) is 0 Å². The van der Waals surface area contributed by atoms with Crippen LogP contribution in [0, 0.1) is 11.3 Å². The molecule has 1 saturated carbocycles. The summed E-state index contributed by atoms with van der Waals surface area (Å²) in [4.78, 5) is 11.3. The molecule has 0 aromatic heterocycles. The molecule has 0 saturated heterocycles. The molecule has 4 nitrogen and oxygen atoms in total. The summed E-state index contributed by atoms with van der Waals surface area (Å²) in [6.45, 7) is 3.85. The summed E-state index contributed by atoms with van der Waals surface area (Å²) in [5.74, 6) is -0.984. The minimum Gasteiger partial charge on any atom is -0.299 e. The van der Waals surface area contributed by atoms with Gasteiger partial charge in [0.05, 0.1) is 5.75 Å². The maximum absolute atomic E-state index is 11.3. The highest BCUT2D eigenvalue weighted by atomic mass is 32.2. The van der Waals surface area contributed by atoms with Crippen LogP contribution >= 0.6 is 0 Å². The Kier molecular flexibility index (Phi) is 2.51. The first-order valence-corrected chi connectivity index (χ1v) is 5.78. The number of rotatable bonds is 2. The molecular formula is C8H14O4S. The molecular weight excluding hydrogens is 192 g/mol. The van der Waals surface area contributed by atoms with Crippen molar-refractivity contribution in [3.05, 3.63) is 0 Å². The molecule has 1 unspecified atom stereocenters. The predicted octanol–water partition coefficient (Wildman–Crippen LogP) is 0.879. The lowest BCUT2D eigenvalue weighted by atomic mass is 9.91. The van der Waals surface area contributed by atoms with Crippen LogP contribution in [0.3, 0.4) is 0 Å². The molecule has 1 aliphatic rings. The van der Waals surface area contributed by atoms with Crippen LogP contribution in [0.1, 0.15) is 26.7 Å². The molecule has 0 aromatic carbocycles. The number of carbonyl (C=O) groups excluding carboxylic acids is 1. The Hall–Kier alpha value is -0.420. The largest absolute Gasteiger partial charge is 0.299 e. The molecule has 0 aliphatic heterocycles. The fourth-order valence-corrected chi connectivity index (χ4v) is 2.69. The molecule has 1 N–H and O–H groups in total. The zero-order chi connectivity index (χ0) is 10.3. The molecule has 0 heterocycles. The van der Waals surface area contributed by atoms with E-state index in [4.69, 9.17) is 4.55 Å². The standard InChI is InChI=1S/C8H14O4S/c1-8(2)3-6(7(9)4-8)5-13(10,11)12/h6H,3-5H2,1-2H3,(H,10,11,12). The van der Waals surface area contributed by atoms with E-state index in [9.17, 15) is 13.2 Å². The first-order chi connectivity index (χ1) is 5.70. The second-order valence-electron chi connectivity index (χ2n) is 4.46. The van der Waals surface area contributed by atoms with Crippen LogP contribution in [0.15, 0.2) is 0 Å². The molecule has 0 aromatic rings. The van der Waals surface area contributed by atoms with E-state index in [0.29, 0.717) is 12.8 Å². The third kappa shape index (κ3) is 3.08. The summed E-state index contributed by atoms with van der Waals surface area (Å²) in [6.07, 6.45) is 0.957. The molecule has 76 valence electrons. The lowest BCUT2D eigenvalue weighted by Crippen LogP contribution is -2.18. The quantitative estimate of drug-likeness (QED) is 0.681. The number of ketones is 1. The summed E-state index contributed by atoms with van der Waals surface area (Å²) in [7, 11) is -4.01. The average molecular weight is 206 g/mol. The molecule has 1 rings (SSSR count). The van der Waals surface area contributed by atoms with E-state index in [2.05, 4.69) is 0 Å². The van der Waals surface area contributed by atoms with Crippen LogP contribution in [0.4, 0.5) is 0 Å². The van der Waals surface area contributed by atoms with Gasteiger partial charge in [-0.3, -0.25) is 9.35 Å². The number of hydrogen-bond donors (Lipinski definition) is 1. The first-order valence-electron chi connectivity index (χ1n) is 4.17. The highest BCUT2D eigenvalue weighted by Crippen LogP contribution is 2.38. The number of carbonyl (C=O) groups is 1. The fraction of sp³-hybridized carbons (Fsp3) is 0.875. The van der Waals surface area contributed by atoms with Gasteiger partial charge in [0.25, 0.3) is 10.1 Å². The lowest BCUT2D eigenvalue weighted by molar-refractivity contribution is -0.120. The van der Waals surface area contributed by atoms with Gasteiger partial charge in [-0.25, -0.2) is 0 Å². The van der Waals surface area contributed by atoms with E-state index < -0.39 is 21.8 Å². The highest BCUT2D eigenvalue weighted by molar-refractivity contribution is 7.85. The SMILES string of the molecule is CC1(C)CC(=O)C(CS(=O)(=O)O)C1. The normalized spacial score (nSPS) is 27.9. The minimum absolute atomic E-state index is 0.0531. The summed E-state index contributed by atoms with van der Waals surface area (Å²) in [5.41, 5.74) is -0.119. The maximum Gasteiger partial charge on any atom is 0.265 e. The molecule has 1 fully saturated rings. The summed E-state index contributed by atoms with van der Waals surface area (Å²) in [6, 6.07) is 0. The molecule has 0 bridgehead atoms. The zero-order valence-electron chi connectivity index (χ0n) is 7.78. The van der Waals surface area contributed by atoms with Gasteiger partial charge in [-0.15, -0.1) is 0 Å². The van der Waals surface area contributed by atoms with E-state index in [0.717, 1.165) is 0 Å². The molecule has 1 atom stereocenters. The van der Waals surface area contributed by atoms with E-state index in [1.807, 2.05) is 13.8 Å². The Bertz CT molecular complexity index is 315. The van der Waals surface area contributed by atoms with Crippen molar-refractivity contribution >= 4 is 15.9 Å². The van der Waals surface area contributed by atoms with Gasteiger partial charge in [0.15, 0.2) is 0 Å². The van der Waals surface area contributed by atoms with Crippen molar-refractivity contribution in [1.29, 1.82) is 0 Å². The minimum atomic E-state index is -4.01. The van der Waals surface area contributed by atoms with Gasteiger partial charge in [-0.2, -0.15) is 8.42 Å². The molecule has 5 heteroatoms. The third-order valence-electron chi connectivity index (χ3n) is 2.32. The summed E-state index contributed by atoms with van der Waals surface area (Å²) >= 11 is 0. The maximum atomic E-state index is 11.3. The van der Waals surface area contributed by atoms with E-state index in [-0.39, 0.29) is 11.2 Å². The molecule has 0 radical (unpaired) electrons. The lowest BCUT2D eigenvalue weighted by Gasteiger charge is -2.14. The van der Waals surface area contributed by atoms with Crippen molar-refractivity contribution in [3.63, 3.8) is 0 Å². The van der Waals surface area contributed by atoms with Crippen molar-refractivity contribution < 1.29 is 17.8 Å². The van der Waals surface area contributed by atoms with Crippen LogP contribution in [0.5, 0.6) is 0 Å². The summed E-state index contributed by atoms with van der Waals surface area (Å²) in [5, 5.41) is 0. The smallest absolute Gasteiger partial charge is 0.265 e. The van der Waals surface area contributed by atoms with E-state index in [1.165, 1.54) is 0 Å². The Morgan fingerprint density at radius 3 is 2.38 bits per heavy atom. The molecule has 0 amide bonds. The third-order valence-corrected chi connectivity index (χ3v) is 3.14. The Morgan fingerprint density at radius 1 is 1.54 bits per heavy atom. The average Bonchev–Trinajstić information content (AvgIpc) is 2.00. The Morgan fingerprint density at radius 2 is 2.08 bits per heavy atom. The van der Waals surface area contributed by atoms with Gasteiger partial charge in [0.1, 0.15) is 5.78 Å². The van der Waals surface area contributed by atoms with Gasteiger partial charge in [-0.1, -0.05) is 13.8 Å². The van der Waals surface area contributed by atoms with Crippen LogP contribution in [0.2, 0.25) is 0 Å². The number of hydrogen-bond acceptors (Lipinski definition) is 3. The van der Waals surface area contributed by atoms with Crippen molar-refractivity contribution in [2.24, 2.45) is 11.3 Å². The molecule has 13 heavy (non-hydrogen) atoms. The van der Waals surface area contributed by atoms with E-state index >= 15 is 0 Å². The first kappa shape index (κ1) is 10.7. The highest BCUT2D eigenvalue weighted by Gasteiger charge is 2.39. The topological polar surface area (TPSA) is 71.4 Å². The van der Waals surface area contributed by atoms with Gasteiger partial charge in [-0.05, 0) is 11.8 Å². The predicted molar refractivity (Wildman–Crippen MR) is 47.9 cm³/mol. The summed E-state index contributed by atoms with van der Waals surface area (Å²) < 4.78 is 29.7. The zero-order valence-corrected chi connectivity index (χ0v) is 8.60. The monoisotopic (exact) mass is 206 g/mol. The van der Waals surface area contributed by atoms with Crippen LogP contribution in [0.25, 0.3) is 0 Å². The van der Waals surface area contributed by atoms with Crippen molar-refractivity contribution in [2.75, 3.05) is 5.75 Å². The van der Waals surface area contributed by atoms with Gasteiger partial charge in [0.2, 0.25) is 0 Å². The fourth-order valence-electron chi connectivity index (χ4n) is 1.88. The van der Waals surface area contributed by atoms with Crippen LogP contribution in [-0.4, -0.2) is 24.5 Å². The molecule has 1 aliphatic carbocycles. The van der Waals surface area contributed by atoms with Gasteiger partial charge in [0, 0.05) is 12.3 Å². The van der Waals surface area contributed by atoms with Gasteiger partial charge >= 0.3 is 0 Å². The molecule has 0 spiro atoms. The van der Waals surface area contributed by atoms with Crippen molar-refractivity contribution in [1.82, 2.24) is 0 Å². The van der Waals surface area contributed by atoms with Crippen LogP contribution in [-0.2, 0) is 14.9 Å². The Labute approximate surface area is 78.1 Å². The number of Topliss-reactive ketones (excluding diaryl/α,β-unsaturated/α-hetero) is 1. The Balaban J connectivity index is 2.70. The van der Waals surface area contributed by atoms with Crippen LogP contribution < -0.4 is 0 Å². The second kappa shape index (κ2) is 3.06. The van der Waals surface area contributed by atoms with Gasteiger partial charge < -0.3 is 0 Å².